The SMILES string of the molecule is O=c1oc2ccc(OCc3nc(C4CC4)no3)cc2c2c1CCC2. The largest absolute Gasteiger partial charge is 0.484 e. The fraction of sp³-hybridized carbons (Fsp3) is 0.389. The lowest BCUT2D eigenvalue weighted by Gasteiger charge is -2.07. The average molecular weight is 324 g/mol. The maximum Gasteiger partial charge on any atom is 0.339 e. The maximum absolute atomic E-state index is 12.0. The van der Waals surface area contributed by atoms with E-state index in [1.807, 2.05) is 6.07 Å². The van der Waals surface area contributed by atoms with E-state index in [2.05, 4.69) is 10.1 Å². The van der Waals surface area contributed by atoms with Crippen molar-refractivity contribution in [2.75, 3.05) is 0 Å². The molecule has 0 aliphatic heterocycles. The van der Waals surface area contributed by atoms with E-state index in [-0.39, 0.29) is 12.2 Å². The molecule has 0 atom stereocenters. The first-order chi connectivity index (χ1) is 11.8. The minimum absolute atomic E-state index is 0.206. The Balaban J connectivity index is 1.42. The van der Waals surface area contributed by atoms with Gasteiger partial charge in [-0.05, 0) is 55.9 Å². The van der Waals surface area contributed by atoms with Gasteiger partial charge in [0.15, 0.2) is 12.4 Å². The van der Waals surface area contributed by atoms with E-state index in [0.717, 1.165) is 54.4 Å². The molecule has 2 aromatic heterocycles. The van der Waals surface area contributed by atoms with Crippen LogP contribution in [0.15, 0.2) is 31.9 Å². The van der Waals surface area contributed by atoms with E-state index in [0.29, 0.717) is 23.1 Å². The third-order valence-electron chi connectivity index (χ3n) is 4.73. The number of ether oxygens (including phenoxy) is 1. The summed E-state index contributed by atoms with van der Waals surface area (Å²) in [7, 11) is 0. The highest BCUT2D eigenvalue weighted by Gasteiger charge is 2.28. The van der Waals surface area contributed by atoms with Gasteiger partial charge in [0.1, 0.15) is 11.3 Å². The smallest absolute Gasteiger partial charge is 0.339 e. The van der Waals surface area contributed by atoms with Crippen molar-refractivity contribution in [2.24, 2.45) is 0 Å². The molecule has 1 aromatic carbocycles. The molecule has 0 unspecified atom stereocenters. The van der Waals surface area contributed by atoms with Gasteiger partial charge in [-0.25, -0.2) is 4.79 Å². The van der Waals surface area contributed by atoms with Crippen LogP contribution < -0.4 is 10.4 Å². The highest BCUT2D eigenvalue weighted by atomic mass is 16.5. The van der Waals surface area contributed by atoms with Crippen LogP contribution in [-0.2, 0) is 19.4 Å². The number of hydrogen-bond donors (Lipinski definition) is 0. The molecule has 2 aliphatic carbocycles. The van der Waals surface area contributed by atoms with Crippen molar-refractivity contribution in [1.29, 1.82) is 0 Å². The Bertz CT molecular complexity index is 984. The second-order valence-electron chi connectivity index (χ2n) is 6.47. The summed E-state index contributed by atoms with van der Waals surface area (Å²) in [5, 5.41) is 4.94. The van der Waals surface area contributed by atoms with Gasteiger partial charge in [-0.1, -0.05) is 5.16 Å². The Morgan fingerprint density at radius 1 is 1.21 bits per heavy atom. The zero-order valence-corrected chi connectivity index (χ0v) is 13.1. The van der Waals surface area contributed by atoms with E-state index < -0.39 is 0 Å². The van der Waals surface area contributed by atoms with Crippen molar-refractivity contribution in [1.82, 2.24) is 10.1 Å². The van der Waals surface area contributed by atoms with Crippen LogP contribution in [-0.4, -0.2) is 10.1 Å². The third-order valence-corrected chi connectivity index (χ3v) is 4.73. The van der Waals surface area contributed by atoms with Crippen LogP contribution in [0.2, 0.25) is 0 Å². The zero-order valence-electron chi connectivity index (χ0n) is 13.1. The van der Waals surface area contributed by atoms with Crippen molar-refractivity contribution in [3.05, 3.63) is 51.5 Å². The van der Waals surface area contributed by atoms with Crippen molar-refractivity contribution in [2.45, 2.75) is 44.6 Å². The predicted octanol–water partition coefficient (Wildman–Crippen LogP) is 3.12. The van der Waals surface area contributed by atoms with Gasteiger partial charge in [0.05, 0.1) is 0 Å². The first-order valence-corrected chi connectivity index (χ1v) is 8.32. The number of aryl methyl sites for hydroxylation is 1. The van der Waals surface area contributed by atoms with Crippen LogP contribution in [0, 0.1) is 0 Å². The minimum atomic E-state index is -0.206. The number of rotatable bonds is 4. The highest BCUT2D eigenvalue weighted by molar-refractivity contribution is 5.83. The molecule has 0 N–H and O–H groups in total. The molecule has 6 heteroatoms. The average Bonchev–Trinajstić information content (AvgIpc) is 3.12. The van der Waals surface area contributed by atoms with Crippen LogP contribution in [0.1, 0.15) is 48.0 Å². The number of fused-ring (bicyclic) bond motifs is 3. The van der Waals surface area contributed by atoms with Gasteiger partial charge in [-0.3, -0.25) is 0 Å². The van der Waals surface area contributed by atoms with Crippen molar-refractivity contribution < 1.29 is 13.7 Å². The van der Waals surface area contributed by atoms with Crippen LogP contribution in [0.3, 0.4) is 0 Å². The molecule has 1 saturated carbocycles. The van der Waals surface area contributed by atoms with E-state index in [1.54, 1.807) is 12.1 Å². The highest BCUT2D eigenvalue weighted by Crippen LogP contribution is 2.38. The standard InChI is InChI=1S/C18H16N2O4/c21-18-13-3-1-2-12(13)14-8-11(6-7-15(14)23-18)22-9-16-19-17(20-24-16)10-4-5-10/h6-8,10H,1-5,9H2. The lowest BCUT2D eigenvalue weighted by Crippen LogP contribution is -2.07. The zero-order chi connectivity index (χ0) is 16.1. The minimum Gasteiger partial charge on any atom is -0.484 e. The van der Waals surface area contributed by atoms with Gasteiger partial charge in [-0.15, -0.1) is 0 Å². The van der Waals surface area contributed by atoms with Gasteiger partial charge in [-0.2, -0.15) is 4.98 Å². The molecule has 0 saturated heterocycles. The van der Waals surface area contributed by atoms with Crippen molar-refractivity contribution in [3.63, 3.8) is 0 Å². The summed E-state index contributed by atoms with van der Waals surface area (Å²) in [5.74, 6) is 2.44. The summed E-state index contributed by atoms with van der Waals surface area (Å²) < 4.78 is 16.4. The molecule has 0 amide bonds. The summed E-state index contributed by atoms with van der Waals surface area (Å²) in [5.41, 5.74) is 2.31. The molecular formula is C18H16N2O4. The van der Waals surface area contributed by atoms with Crippen molar-refractivity contribution >= 4 is 11.0 Å². The van der Waals surface area contributed by atoms with Crippen LogP contribution in [0.4, 0.5) is 0 Å². The molecule has 0 bridgehead atoms. The van der Waals surface area contributed by atoms with Gasteiger partial charge in [0.2, 0.25) is 0 Å². The molecule has 3 aromatic rings. The summed E-state index contributed by atoms with van der Waals surface area (Å²) in [6.07, 6.45) is 4.98. The van der Waals surface area contributed by atoms with E-state index >= 15 is 0 Å². The van der Waals surface area contributed by atoms with Gasteiger partial charge < -0.3 is 13.7 Å². The van der Waals surface area contributed by atoms with Gasteiger partial charge >= 0.3 is 5.63 Å². The number of aromatic nitrogens is 2. The lowest BCUT2D eigenvalue weighted by molar-refractivity contribution is 0.242. The summed E-state index contributed by atoms with van der Waals surface area (Å²) in [6.45, 7) is 0.240. The Hall–Kier alpha value is -2.63. The molecule has 0 radical (unpaired) electrons. The van der Waals surface area contributed by atoms with Gasteiger partial charge in [0.25, 0.3) is 5.89 Å². The fourth-order valence-electron chi connectivity index (χ4n) is 3.33. The topological polar surface area (TPSA) is 78.4 Å². The number of hydrogen-bond acceptors (Lipinski definition) is 6. The summed E-state index contributed by atoms with van der Waals surface area (Å²) in [4.78, 5) is 16.3. The van der Waals surface area contributed by atoms with E-state index in [9.17, 15) is 4.79 Å². The molecular weight excluding hydrogens is 308 g/mol. The summed E-state index contributed by atoms with van der Waals surface area (Å²) >= 11 is 0. The quantitative estimate of drug-likeness (QED) is 0.686. The molecule has 1 fully saturated rings. The Kier molecular flexibility index (Phi) is 2.98. The predicted molar refractivity (Wildman–Crippen MR) is 85.1 cm³/mol. The molecule has 2 aliphatic rings. The first kappa shape index (κ1) is 13.8. The molecule has 122 valence electrons. The number of benzene rings is 1. The molecule has 0 spiro atoms. The maximum atomic E-state index is 12.0. The Morgan fingerprint density at radius 2 is 2.08 bits per heavy atom. The Labute approximate surface area is 137 Å². The molecule has 2 heterocycles. The van der Waals surface area contributed by atoms with Crippen LogP contribution >= 0.6 is 0 Å². The second-order valence-corrected chi connectivity index (χ2v) is 6.47. The third kappa shape index (κ3) is 2.29. The first-order valence-electron chi connectivity index (χ1n) is 8.32. The van der Waals surface area contributed by atoms with Crippen LogP contribution in [0.25, 0.3) is 11.0 Å². The van der Waals surface area contributed by atoms with Crippen molar-refractivity contribution in [3.8, 4) is 5.75 Å². The summed E-state index contributed by atoms with van der Waals surface area (Å²) in [6, 6.07) is 5.51. The normalized spacial score (nSPS) is 16.5. The molecule has 5 rings (SSSR count). The lowest BCUT2D eigenvalue weighted by atomic mass is 10.1. The van der Waals surface area contributed by atoms with Gasteiger partial charge in [0, 0.05) is 16.9 Å². The number of nitrogens with zero attached hydrogens (tertiary/aromatic N) is 2. The van der Waals surface area contributed by atoms with E-state index in [1.165, 1.54) is 0 Å². The fourth-order valence-corrected chi connectivity index (χ4v) is 3.33. The van der Waals surface area contributed by atoms with Crippen LogP contribution in [0.5, 0.6) is 5.75 Å². The van der Waals surface area contributed by atoms with E-state index in [4.69, 9.17) is 13.7 Å². The molecule has 6 nitrogen and oxygen atoms in total. The Morgan fingerprint density at radius 3 is 2.96 bits per heavy atom. The second kappa shape index (κ2) is 5.19. The molecule has 24 heavy (non-hydrogen) atoms. The monoisotopic (exact) mass is 324 g/mol.